The molecule has 6 N–H and O–H groups in total. The van der Waals surface area contributed by atoms with Gasteiger partial charge >= 0.3 is 12.0 Å². The van der Waals surface area contributed by atoms with Crippen LogP contribution in [-0.4, -0.2) is 69.1 Å². The van der Waals surface area contributed by atoms with Crippen LogP contribution in [0.1, 0.15) is 6.42 Å². The van der Waals surface area contributed by atoms with E-state index in [4.69, 9.17) is 5.11 Å². The SMILES string of the molecule is CS(=O)(=O)Nc1ccc2c(c1)S(=O)(=O)N=C(CC(=O)O)N2.CS(=O)(=O)Nc1ccc2c(c1)S(=O)(=O)NC(=O)N2. The molecule has 4 rings (SSSR count). The Morgan fingerprint density at radius 3 is 1.85 bits per heavy atom. The number of amides is 2. The molecular formula is C18H20N6O11S4. The molecule has 2 aromatic rings. The van der Waals surface area contributed by atoms with Crippen molar-refractivity contribution in [2.45, 2.75) is 16.2 Å². The molecule has 0 saturated heterocycles. The van der Waals surface area contributed by atoms with Crippen molar-refractivity contribution < 1.29 is 48.4 Å². The summed E-state index contributed by atoms with van der Waals surface area (Å²) in [4.78, 5) is 21.2. The average Bonchev–Trinajstić information content (AvgIpc) is 2.71. The number of benzene rings is 2. The molecule has 0 fully saturated rings. The Morgan fingerprint density at radius 1 is 0.872 bits per heavy atom. The lowest BCUT2D eigenvalue weighted by Gasteiger charge is -2.19. The first-order valence-electron chi connectivity index (χ1n) is 10.1. The second kappa shape index (κ2) is 10.3. The molecule has 0 aromatic heterocycles. The molecule has 0 unspecified atom stereocenters. The van der Waals surface area contributed by atoms with Gasteiger partial charge < -0.3 is 15.7 Å². The largest absolute Gasteiger partial charge is 0.481 e. The van der Waals surface area contributed by atoms with Crippen LogP contribution in [0.2, 0.25) is 0 Å². The molecule has 0 atom stereocenters. The number of nitrogens with one attached hydrogen (secondary N) is 5. The molecule has 0 spiro atoms. The summed E-state index contributed by atoms with van der Waals surface area (Å²) >= 11 is 0. The molecule has 2 aromatic carbocycles. The number of carbonyl (C=O) groups excluding carboxylic acids is 1. The van der Waals surface area contributed by atoms with Crippen LogP contribution >= 0.6 is 0 Å². The zero-order valence-electron chi connectivity index (χ0n) is 19.8. The summed E-state index contributed by atoms with van der Waals surface area (Å²) in [5, 5.41) is 13.5. The van der Waals surface area contributed by atoms with Crippen molar-refractivity contribution in [3.63, 3.8) is 0 Å². The highest BCUT2D eigenvalue weighted by Gasteiger charge is 2.28. The Kier molecular flexibility index (Phi) is 7.83. The number of nitrogens with zero attached hydrogens (tertiary/aromatic N) is 1. The fourth-order valence-electron chi connectivity index (χ4n) is 3.16. The van der Waals surface area contributed by atoms with E-state index in [1.165, 1.54) is 24.3 Å². The molecule has 2 aliphatic rings. The predicted molar refractivity (Wildman–Crippen MR) is 140 cm³/mol. The lowest BCUT2D eigenvalue weighted by atomic mass is 10.2. The number of fused-ring (bicyclic) bond motifs is 2. The van der Waals surface area contributed by atoms with E-state index in [1.54, 1.807) is 4.72 Å². The van der Waals surface area contributed by atoms with Crippen LogP contribution in [0.15, 0.2) is 50.6 Å². The minimum absolute atomic E-state index is 0.0681. The van der Waals surface area contributed by atoms with Gasteiger partial charge in [-0.05, 0) is 36.4 Å². The number of amidine groups is 1. The smallest absolute Gasteiger partial charge is 0.333 e. The number of urea groups is 1. The minimum Gasteiger partial charge on any atom is -0.481 e. The van der Waals surface area contributed by atoms with Gasteiger partial charge in [-0.3, -0.25) is 14.2 Å². The number of carboxylic acid groups (broad SMARTS) is 1. The molecule has 2 heterocycles. The molecular weight excluding hydrogens is 604 g/mol. The highest BCUT2D eigenvalue weighted by molar-refractivity contribution is 7.92. The minimum atomic E-state index is -4.09. The van der Waals surface area contributed by atoms with Gasteiger partial charge in [-0.15, -0.1) is 4.40 Å². The Morgan fingerprint density at radius 2 is 1.36 bits per heavy atom. The monoisotopic (exact) mass is 624 g/mol. The van der Waals surface area contributed by atoms with Crippen molar-refractivity contribution in [1.29, 1.82) is 0 Å². The summed E-state index contributed by atoms with van der Waals surface area (Å²) in [6.45, 7) is 0. The second-order valence-corrected chi connectivity index (χ2v) is 14.7. The van der Waals surface area contributed by atoms with Crippen molar-refractivity contribution in [3.8, 4) is 0 Å². The average molecular weight is 625 g/mol. The predicted octanol–water partition coefficient (Wildman–Crippen LogP) is -0.0726. The Hall–Kier alpha value is -3.95. The number of carboxylic acids is 1. The Labute approximate surface area is 222 Å². The highest BCUT2D eigenvalue weighted by atomic mass is 32.2. The number of rotatable bonds is 6. The summed E-state index contributed by atoms with van der Waals surface area (Å²) in [6, 6.07) is 6.72. The number of hydrogen-bond acceptors (Lipinski definition) is 11. The molecule has 2 amide bonds. The Balaban J connectivity index is 0.000000218. The second-order valence-electron chi connectivity index (χ2n) is 7.94. The summed E-state index contributed by atoms with van der Waals surface area (Å²) in [5.41, 5.74) is 0.398. The van der Waals surface area contributed by atoms with Crippen LogP contribution in [0.3, 0.4) is 0 Å². The normalized spacial score (nSPS) is 16.8. The van der Waals surface area contributed by atoms with Gasteiger partial charge in [0.05, 0.1) is 23.9 Å². The summed E-state index contributed by atoms with van der Waals surface area (Å²) in [6.07, 6.45) is 1.31. The molecule has 39 heavy (non-hydrogen) atoms. The van der Waals surface area contributed by atoms with Crippen LogP contribution in [0.4, 0.5) is 27.5 Å². The van der Waals surface area contributed by atoms with Crippen LogP contribution < -0.4 is 24.8 Å². The number of hydrogen-bond donors (Lipinski definition) is 6. The van der Waals surface area contributed by atoms with Crippen LogP contribution in [0.5, 0.6) is 0 Å². The molecule has 0 radical (unpaired) electrons. The van der Waals surface area contributed by atoms with E-state index in [1.807, 2.05) is 0 Å². The van der Waals surface area contributed by atoms with Crippen molar-refractivity contribution in [1.82, 2.24) is 4.72 Å². The van der Waals surface area contributed by atoms with Crippen molar-refractivity contribution >= 4 is 80.7 Å². The molecule has 0 bridgehead atoms. The van der Waals surface area contributed by atoms with E-state index in [2.05, 4.69) is 24.5 Å². The van der Waals surface area contributed by atoms with Gasteiger partial charge in [0.25, 0.3) is 20.0 Å². The van der Waals surface area contributed by atoms with Gasteiger partial charge in [0, 0.05) is 11.4 Å². The van der Waals surface area contributed by atoms with E-state index in [-0.39, 0.29) is 38.4 Å². The molecule has 0 aliphatic carbocycles. The van der Waals surface area contributed by atoms with E-state index >= 15 is 0 Å². The van der Waals surface area contributed by atoms with Crippen molar-refractivity contribution in [2.75, 3.05) is 32.6 Å². The van der Waals surface area contributed by atoms with E-state index in [0.29, 0.717) is 0 Å². The Bertz CT molecular complexity index is 1840. The standard InChI is InChI=1S/C10H11N3O6S2.C8H9N3O5S2/c1-20(16,17)12-6-2-3-7-8(4-6)21(18,19)13-9(11-7)5-10(14)15;1-17(13,14)10-5-2-3-6-7(4-5)18(15,16)11-8(12)9-6/h2-4,12H,5H2,1H3,(H,11,13)(H,14,15);2-4,10H,1H3,(H2,9,11,12). The third-order valence-electron chi connectivity index (χ3n) is 4.44. The number of carbonyl (C=O) groups is 2. The van der Waals surface area contributed by atoms with Gasteiger partial charge in [0.15, 0.2) is 0 Å². The summed E-state index contributed by atoms with van der Waals surface area (Å²) < 4.78 is 101. The van der Waals surface area contributed by atoms with Crippen LogP contribution in [0.25, 0.3) is 0 Å². The zero-order chi connectivity index (χ0) is 29.4. The maximum Gasteiger partial charge on any atom is 0.333 e. The van der Waals surface area contributed by atoms with E-state index in [9.17, 15) is 43.3 Å². The molecule has 0 saturated carbocycles. The lowest BCUT2D eigenvalue weighted by molar-refractivity contribution is -0.135. The molecule has 212 valence electrons. The maximum absolute atomic E-state index is 12.0. The third kappa shape index (κ3) is 8.02. The first kappa shape index (κ1) is 29.6. The van der Waals surface area contributed by atoms with Gasteiger partial charge in [-0.2, -0.15) is 8.42 Å². The van der Waals surface area contributed by atoms with Crippen LogP contribution in [0, 0.1) is 0 Å². The molecule has 17 nitrogen and oxygen atoms in total. The zero-order valence-corrected chi connectivity index (χ0v) is 23.0. The van der Waals surface area contributed by atoms with Gasteiger partial charge in [-0.1, -0.05) is 0 Å². The molecule has 21 heteroatoms. The van der Waals surface area contributed by atoms with Crippen molar-refractivity contribution in [3.05, 3.63) is 36.4 Å². The van der Waals surface area contributed by atoms with E-state index < -0.39 is 58.5 Å². The maximum atomic E-state index is 12.0. The quantitative estimate of drug-likeness (QED) is 0.247. The summed E-state index contributed by atoms with van der Waals surface area (Å²) in [7, 11) is -15.1. The summed E-state index contributed by atoms with van der Waals surface area (Å²) in [5.74, 6) is -1.44. The fraction of sp³-hybridized carbons (Fsp3) is 0.167. The third-order valence-corrected chi connectivity index (χ3v) is 8.38. The first-order chi connectivity index (χ1) is 17.7. The number of sulfonamides is 4. The topological polar surface area (TPSA) is 263 Å². The van der Waals surface area contributed by atoms with Gasteiger partial charge in [0.2, 0.25) is 20.0 Å². The van der Waals surface area contributed by atoms with E-state index in [0.717, 1.165) is 24.6 Å². The number of anilines is 4. The van der Waals surface area contributed by atoms with Gasteiger partial charge in [0.1, 0.15) is 22.0 Å². The first-order valence-corrected chi connectivity index (χ1v) is 16.8. The van der Waals surface area contributed by atoms with Gasteiger partial charge in [-0.25, -0.2) is 34.8 Å². The lowest BCUT2D eigenvalue weighted by Crippen LogP contribution is -2.39. The fourth-order valence-corrected chi connectivity index (χ4v) is 6.54. The molecule has 2 aliphatic heterocycles. The number of aliphatic carboxylic acids is 1. The highest BCUT2D eigenvalue weighted by Crippen LogP contribution is 2.31. The van der Waals surface area contributed by atoms with Crippen molar-refractivity contribution in [2.24, 2.45) is 4.40 Å². The van der Waals surface area contributed by atoms with Crippen LogP contribution in [-0.2, 0) is 44.9 Å².